The molecular formula is C31H60N2O16. The summed E-state index contributed by atoms with van der Waals surface area (Å²) in [5, 5.41) is 10.6. The van der Waals surface area contributed by atoms with Crippen LogP contribution in [0, 0.1) is 0 Å². The van der Waals surface area contributed by atoms with Gasteiger partial charge in [0.25, 0.3) is 0 Å². The van der Waals surface area contributed by atoms with E-state index in [1.54, 1.807) is 0 Å². The summed E-state index contributed by atoms with van der Waals surface area (Å²) in [5.41, 5.74) is 5.32. The van der Waals surface area contributed by atoms with E-state index < -0.39 is 5.97 Å². The molecule has 4 N–H and O–H groups in total. The molecule has 18 heteroatoms. The highest BCUT2D eigenvalue weighted by Crippen LogP contribution is 1.96. The Balaban J connectivity index is 0.00000289. The summed E-state index contributed by atoms with van der Waals surface area (Å²) in [7, 11) is 0. The molecule has 1 fully saturated rings. The third-order valence-electron chi connectivity index (χ3n) is 5.67. The lowest BCUT2D eigenvalue weighted by atomic mass is 10.4. The van der Waals surface area contributed by atoms with Crippen LogP contribution in [-0.4, -0.2) is 188 Å². The van der Waals surface area contributed by atoms with Crippen molar-refractivity contribution >= 4 is 17.8 Å². The minimum Gasteiger partial charge on any atom is -0.481 e. The van der Waals surface area contributed by atoms with Crippen LogP contribution in [0.25, 0.3) is 0 Å². The summed E-state index contributed by atoms with van der Waals surface area (Å²) in [6.45, 7) is 12.0. The van der Waals surface area contributed by atoms with Crippen LogP contribution in [0.1, 0.15) is 19.3 Å². The van der Waals surface area contributed by atoms with Crippen LogP contribution < -0.4 is 11.1 Å². The minimum atomic E-state index is -0.874. The van der Waals surface area contributed by atoms with Gasteiger partial charge in [-0.3, -0.25) is 19.7 Å². The first-order chi connectivity index (χ1) is 24.1. The number of hydrogen-bond donors (Lipinski definition) is 3. The number of rotatable bonds is 38. The molecule has 0 bridgehead atoms. The number of carboxylic acid groups (broad SMARTS) is 1. The SMILES string of the molecule is NCCOCCOCCOCCOCCOCCOCCOCCOCCOCCOCCOCCOCCC(=O)O.O=C1CCC(=O)N1. The van der Waals surface area contributed by atoms with E-state index in [1.165, 1.54) is 0 Å². The van der Waals surface area contributed by atoms with E-state index in [2.05, 4.69) is 5.32 Å². The summed E-state index contributed by atoms with van der Waals surface area (Å²) in [4.78, 5) is 30.6. The molecule has 0 atom stereocenters. The minimum absolute atomic E-state index is 0.00219. The van der Waals surface area contributed by atoms with Gasteiger partial charge in [-0.15, -0.1) is 0 Å². The average molecular weight is 717 g/mol. The van der Waals surface area contributed by atoms with Gasteiger partial charge in [0.05, 0.1) is 165 Å². The predicted molar refractivity (Wildman–Crippen MR) is 174 cm³/mol. The van der Waals surface area contributed by atoms with E-state index in [4.69, 9.17) is 67.7 Å². The molecule has 0 unspecified atom stereocenters. The topological polar surface area (TPSA) is 220 Å². The molecule has 0 saturated carbocycles. The lowest BCUT2D eigenvalue weighted by Crippen LogP contribution is -2.18. The van der Waals surface area contributed by atoms with Crippen molar-refractivity contribution in [3.05, 3.63) is 0 Å². The average Bonchev–Trinajstić information content (AvgIpc) is 3.48. The van der Waals surface area contributed by atoms with Crippen LogP contribution in [0.15, 0.2) is 0 Å². The summed E-state index contributed by atoms with van der Waals surface area (Å²) in [5.74, 6) is -1.17. The second-order valence-electron chi connectivity index (χ2n) is 9.75. The van der Waals surface area contributed by atoms with E-state index in [0.29, 0.717) is 171 Å². The van der Waals surface area contributed by atoms with Gasteiger partial charge in [0, 0.05) is 19.4 Å². The molecule has 18 nitrogen and oxygen atoms in total. The number of imide groups is 1. The third-order valence-corrected chi connectivity index (χ3v) is 5.67. The van der Waals surface area contributed by atoms with Gasteiger partial charge in [0.1, 0.15) is 0 Å². The fourth-order valence-corrected chi connectivity index (χ4v) is 3.27. The Hall–Kier alpha value is -1.91. The zero-order valence-corrected chi connectivity index (χ0v) is 28.9. The largest absolute Gasteiger partial charge is 0.481 e. The maximum atomic E-state index is 10.3. The first-order valence-electron chi connectivity index (χ1n) is 16.7. The van der Waals surface area contributed by atoms with Crippen molar-refractivity contribution in [3.63, 3.8) is 0 Å². The van der Waals surface area contributed by atoms with Gasteiger partial charge in [-0.05, 0) is 0 Å². The summed E-state index contributed by atoms with van der Waals surface area (Å²) in [6, 6.07) is 0. The second-order valence-corrected chi connectivity index (χ2v) is 9.75. The van der Waals surface area contributed by atoms with Crippen LogP contribution in [0.2, 0.25) is 0 Å². The molecule has 2 amide bonds. The van der Waals surface area contributed by atoms with Crippen LogP contribution >= 0.6 is 0 Å². The smallest absolute Gasteiger partial charge is 0.305 e. The van der Waals surface area contributed by atoms with Crippen molar-refractivity contribution in [2.45, 2.75) is 19.3 Å². The lowest BCUT2D eigenvalue weighted by Gasteiger charge is -2.09. The Bertz CT molecular complexity index is 724. The number of amides is 2. The Labute approximate surface area is 289 Å². The maximum absolute atomic E-state index is 10.3. The molecule has 0 aliphatic carbocycles. The number of carbonyl (C=O) groups is 3. The van der Waals surface area contributed by atoms with Crippen molar-refractivity contribution in [3.8, 4) is 0 Å². The van der Waals surface area contributed by atoms with Gasteiger partial charge >= 0.3 is 5.97 Å². The molecule has 0 spiro atoms. The normalized spacial score (nSPS) is 12.7. The lowest BCUT2D eigenvalue weighted by molar-refractivity contribution is -0.138. The summed E-state index contributed by atoms with van der Waals surface area (Å²) >= 11 is 0. The van der Waals surface area contributed by atoms with Crippen molar-refractivity contribution in [1.29, 1.82) is 0 Å². The second kappa shape index (κ2) is 40.5. The number of carbonyl (C=O) groups excluding carboxylic acids is 2. The van der Waals surface area contributed by atoms with Crippen LogP contribution in [0.3, 0.4) is 0 Å². The Morgan fingerprint density at radius 3 is 0.796 bits per heavy atom. The fourth-order valence-electron chi connectivity index (χ4n) is 3.27. The van der Waals surface area contributed by atoms with Gasteiger partial charge in [0.15, 0.2) is 0 Å². The quantitative estimate of drug-likeness (QED) is 0.0517. The molecule has 1 heterocycles. The number of hydrogen-bond acceptors (Lipinski definition) is 16. The van der Waals surface area contributed by atoms with Crippen LogP contribution in [0.5, 0.6) is 0 Å². The molecule has 1 rings (SSSR count). The Kier molecular flexibility index (Phi) is 38.9. The van der Waals surface area contributed by atoms with Crippen molar-refractivity contribution in [1.82, 2.24) is 5.32 Å². The van der Waals surface area contributed by atoms with Crippen molar-refractivity contribution < 1.29 is 76.3 Å². The molecule has 0 aromatic heterocycles. The number of nitrogens with one attached hydrogen (secondary N) is 1. The Morgan fingerprint density at radius 2 is 0.633 bits per heavy atom. The van der Waals surface area contributed by atoms with Crippen LogP contribution in [-0.2, 0) is 71.2 Å². The zero-order chi connectivity index (χ0) is 35.7. The van der Waals surface area contributed by atoms with Gasteiger partial charge in [-0.2, -0.15) is 0 Å². The third kappa shape index (κ3) is 42.2. The molecule has 1 saturated heterocycles. The highest BCUT2D eigenvalue weighted by molar-refractivity contribution is 6.01. The first-order valence-corrected chi connectivity index (χ1v) is 16.7. The van der Waals surface area contributed by atoms with E-state index in [-0.39, 0.29) is 24.8 Å². The standard InChI is InChI=1S/C27H55NO14.C4H5NO2/c28-2-4-32-6-8-34-10-12-36-14-16-38-18-20-40-22-24-42-26-25-41-23-21-39-19-17-37-15-13-35-11-9-33-7-5-31-3-1-27(29)30;6-3-1-2-4(7)5-3/h1-26,28H2,(H,29,30);1-2H2,(H,5,6,7). The van der Waals surface area contributed by atoms with E-state index in [1.807, 2.05) is 0 Å². The van der Waals surface area contributed by atoms with Gasteiger partial charge in [-0.25, -0.2) is 0 Å². The van der Waals surface area contributed by atoms with E-state index in [0.717, 1.165) is 0 Å². The number of nitrogens with two attached hydrogens (primary N) is 1. The predicted octanol–water partition coefficient (Wildman–Crippen LogP) is -0.958. The molecular weight excluding hydrogens is 656 g/mol. The van der Waals surface area contributed by atoms with Crippen LogP contribution in [0.4, 0.5) is 0 Å². The van der Waals surface area contributed by atoms with E-state index in [9.17, 15) is 14.4 Å². The summed E-state index contributed by atoms with van der Waals surface area (Å²) in [6.07, 6.45) is 0.745. The Morgan fingerprint density at radius 1 is 0.429 bits per heavy atom. The molecule has 0 aromatic rings. The van der Waals surface area contributed by atoms with Crippen molar-refractivity contribution in [2.75, 3.05) is 165 Å². The van der Waals surface area contributed by atoms with Gasteiger partial charge in [0.2, 0.25) is 11.8 Å². The van der Waals surface area contributed by atoms with Gasteiger partial charge < -0.3 is 67.7 Å². The molecule has 1 aliphatic rings. The highest BCUT2D eigenvalue weighted by Gasteiger charge is 2.15. The molecule has 49 heavy (non-hydrogen) atoms. The molecule has 0 radical (unpaired) electrons. The monoisotopic (exact) mass is 716 g/mol. The maximum Gasteiger partial charge on any atom is 0.305 e. The first kappa shape index (κ1) is 47.1. The van der Waals surface area contributed by atoms with Crippen molar-refractivity contribution in [2.24, 2.45) is 5.73 Å². The highest BCUT2D eigenvalue weighted by atomic mass is 16.6. The summed E-state index contributed by atoms with van der Waals surface area (Å²) < 4.78 is 64.4. The zero-order valence-electron chi connectivity index (χ0n) is 28.9. The number of aliphatic carboxylic acids is 1. The van der Waals surface area contributed by atoms with E-state index >= 15 is 0 Å². The molecule has 0 aromatic carbocycles. The fraction of sp³-hybridized carbons (Fsp3) is 0.903. The number of carboxylic acids is 1. The van der Waals surface area contributed by atoms with Gasteiger partial charge in [-0.1, -0.05) is 0 Å². The molecule has 1 aliphatic heterocycles. The molecule has 290 valence electrons. The number of ether oxygens (including phenoxy) is 12.